The molecule has 1 saturated heterocycles. The van der Waals surface area contributed by atoms with Crippen molar-refractivity contribution in [3.05, 3.63) is 41.5 Å². The number of carboxylic acid groups (broad SMARTS) is 1. The van der Waals surface area contributed by atoms with Gasteiger partial charge in [0.25, 0.3) is 0 Å². The van der Waals surface area contributed by atoms with Crippen molar-refractivity contribution in [2.24, 2.45) is 23.7 Å². The van der Waals surface area contributed by atoms with Gasteiger partial charge in [-0.05, 0) is 66.0 Å². The van der Waals surface area contributed by atoms with Crippen molar-refractivity contribution in [2.75, 3.05) is 13.1 Å². The monoisotopic (exact) mass is 501 g/mol. The Kier molecular flexibility index (Phi) is 5.93. The molecule has 1 heterocycles. The van der Waals surface area contributed by atoms with E-state index in [0.717, 1.165) is 5.56 Å². The second-order valence-corrected chi connectivity index (χ2v) is 10.0. The van der Waals surface area contributed by atoms with Crippen molar-refractivity contribution in [3.8, 4) is 5.75 Å². The smallest absolute Gasteiger partial charge is 0.420 e. The summed E-state index contributed by atoms with van der Waals surface area (Å²) in [7, 11) is 0. The first-order valence-corrected chi connectivity index (χ1v) is 11.7. The highest BCUT2D eigenvalue weighted by molar-refractivity contribution is 5.89. The van der Waals surface area contributed by atoms with Gasteiger partial charge in [-0.25, -0.2) is 0 Å². The number of rotatable bonds is 5. The molecular weight excluding hydrogens is 476 g/mol. The predicted molar refractivity (Wildman–Crippen MR) is 115 cm³/mol. The lowest BCUT2D eigenvalue weighted by molar-refractivity contribution is -0.185. The van der Waals surface area contributed by atoms with E-state index in [1.165, 1.54) is 12.1 Å². The van der Waals surface area contributed by atoms with Gasteiger partial charge in [0.15, 0.2) is 0 Å². The number of carbonyl (C=O) groups is 1. The van der Waals surface area contributed by atoms with E-state index < -0.39 is 35.9 Å². The number of hydrogen-bond donors (Lipinski definition) is 1. The zero-order valence-electron chi connectivity index (χ0n) is 18.7. The second-order valence-electron chi connectivity index (χ2n) is 10.0. The number of carboxylic acids is 1. The van der Waals surface area contributed by atoms with Crippen molar-refractivity contribution in [3.63, 3.8) is 0 Å². The van der Waals surface area contributed by atoms with Gasteiger partial charge in [0.05, 0.1) is 17.9 Å². The molecule has 35 heavy (non-hydrogen) atoms. The number of benzene rings is 2. The van der Waals surface area contributed by atoms with Gasteiger partial charge >= 0.3 is 18.3 Å². The van der Waals surface area contributed by atoms with Gasteiger partial charge in [-0.1, -0.05) is 18.2 Å². The fourth-order valence-electron chi connectivity index (χ4n) is 5.90. The van der Waals surface area contributed by atoms with Crippen LogP contribution in [-0.4, -0.2) is 41.3 Å². The summed E-state index contributed by atoms with van der Waals surface area (Å²) >= 11 is 0. The third-order valence-electron chi connectivity index (χ3n) is 7.72. The van der Waals surface area contributed by atoms with Crippen LogP contribution < -0.4 is 4.74 Å². The van der Waals surface area contributed by atoms with Gasteiger partial charge in [0.2, 0.25) is 0 Å². The fraction of sp³-hybridized carbons (Fsp3) is 0.560. The van der Waals surface area contributed by atoms with E-state index in [-0.39, 0.29) is 54.6 Å². The lowest BCUT2D eigenvalue weighted by Crippen LogP contribution is -2.32. The first kappa shape index (κ1) is 24.2. The van der Waals surface area contributed by atoms with E-state index in [1.54, 1.807) is 18.2 Å². The highest BCUT2D eigenvalue weighted by Crippen LogP contribution is 2.52. The number of alkyl halides is 6. The van der Waals surface area contributed by atoms with Crippen molar-refractivity contribution < 1.29 is 41.0 Å². The van der Waals surface area contributed by atoms with E-state index in [2.05, 4.69) is 4.90 Å². The molecule has 10 heteroatoms. The summed E-state index contributed by atoms with van der Waals surface area (Å²) in [6.45, 7) is 1.85. The summed E-state index contributed by atoms with van der Waals surface area (Å²) in [6.07, 6.45) is -9.88. The molecule has 1 aliphatic heterocycles. The van der Waals surface area contributed by atoms with Crippen LogP contribution in [0.1, 0.15) is 36.8 Å². The van der Waals surface area contributed by atoms with Crippen LogP contribution in [0.5, 0.6) is 5.75 Å². The maximum Gasteiger partial charge on any atom is 0.420 e. The minimum absolute atomic E-state index is 0.0158. The van der Waals surface area contributed by atoms with Gasteiger partial charge in [0, 0.05) is 19.6 Å². The van der Waals surface area contributed by atoms with Crippen LogP contribution in [0, 0.1) is 23.7 Å². The third-order valence-corrected chi connectivity index (χ3v) is 7.72. The number of fused-ring (bicyclic) bond motifs is 2. The lowest BCUT2D eigenvalue weighted by Gasteiger charge is -2.31. The summed E-state index contributed by atoms with van der Waals surface area (Å²) in [5.41, 5.74) is -0.0795. The van der Waals surface area contributed by atoms with Crippen LogP contribution in [0.4, 0.5) is 26.3 Å². The Morgan fingerprint density at radius 2 is 1.63 bits per heavy atom. The quantitative estimate of drug-likeness (QED) is 0.502. The predicted octanol–water partition coefficient (Wildman–Crippen LogP) is 6.12. The molecule has 2 atom stereocenters. The molecule has 2 aliphatic carbocycles. The van der Waals surface area contributed by atoms with Crippen molar-refractivity contribution in [1.82, 2.24) is 4.90 Å². The minimum atomic E-state index is -4.69. The summed E-state index contributed by atoms with van der Waals surface area (Å²) in [5.74, 6) is -2.54. The molecule has 2 saturated carbocycles. The Hall–Kier alpha value is -2.49. The molecule has 0 spiro atoms. The molecule has 2 unspecified atom stereocenters. The summed E-state index contributed by atoms with van der Waals surface area (Å²) in [4.78, 5) is 13.3. The summed E-state index contributed by atoms with van der Waals surface area (Å²) < 4.78 is 86.5. The molecular formula is C25H25F6NO3. The fourth-order valence-corrected chi connectivity index (χ4v) is 5.90. The highest BCUT2D eigenvalue weighted by Gasteiger charge is 2.59. The molecule has 0 radical (unpaired) electrons. The number of halogens is 6. The summed E-state index contributed by atoms with van der Waals surface area (Å²) in [6, 6.07) is 7.55. The SMILES string of the molecule is O=C(O)C1C2CN(Cc3ccc4c(C(F)(F)F)c(OC5CCC(C(F)(F)F)CC5)ccc4c3)CC21. The molecule has 2 aromatic rings. The molecule has 4 nitrogen and oxygen atoms in total. The van der Waals surface area contributed by atoms with E-state index >= 15 is 0 Å². The average Bonchev–Trinajstić information content (AvgIpc) is 3.29. The Balaban J connectivity index is 1.32. The van der Waals surface area contributed by atoms with Gasteiger partial charge in [-0.3, -0.25) is 9.69 Å². The van der Waals surface area contributed by atoms with Crippen LogP contribution in [-0.2, 0) is 17.5 Å². The molecule has 0 aromatic heterocycles. The molecule has 2 aromatic carbocycles. The van der Waals surface area contributed by atoms with E-state index in [1.807, 2.05) is 0 Å². The maximum absolute atomic E-state index is 14.0. The molecule has 5 rings (SSSR count). The Morgan fingerprint density at radius 3 is 2.20 bits per heavy atom. The Labute approximate surface area is 197 Å². The van der Waals surface area contributed by atoms with Gasteiger partial charge < -0.3 is 9.84 Å². The minimum Gasteiger partial charge on any atom is -0.490 e. The molecule has 0 bridgehead atoms. The maximum atomic E-state index is 14.0. The van der Waals surface area contributed by atoms with Gasteiger partial charge in [-0.15, -0.1) is 0 Å². The number of ether oxygens (including phenoxy) is 1. The Morgan fingerprint density at radius 1 is 0.971 bits per heavy atom. The van der Waals surface area contributed by atoms with Crippen LogP contribution in [0.3, 0.4) is 0 Å². The Bertz CT molecular complexity index is 1110. The number of piperidine rings is 1. The lowest BCUT2D eigenvalue weighted by atomic mass is 9.87. The van der Waals surface area contributed by atoms with Crippen molar-refractivity contribution >= 4 is 16.7 Å². The average molecular weight is 501 g/mol. The van der Waals surface area contributed by atoms with Crippen molar-refractivity contribution in [1.29, 1.82) is 0 Å². The normalized spacial score (nSPS) is 29.3. The standard InChI is InChI=1S/C25H25F6NO3/c26-24(27,28)15-3-5-16(6-4-15)35-20-8-2-14-9-13(1-7-17(14)22(20)25(29,30)31)10-32-11-18-19(12-32)21(18)23(33)34/h1-2,7-9,15-16,18-19,21H,3-6,10-12H2,(H,33,34). The van der Waals surface area contributed by atoms with E-state index in [0.29, 0.717) is 25.0 Å². The molecule has 190 valence electrons. The van der Waals surface area contributed by atoms with E-state index in [9.17, 15) is 31.1 Å². The van der Waals surface area contributed by atoms with E-state index in [4.69, 9.17) is 9.84 Å². The largest absolute Gasteiger partial charge is 0.490 e. The number of nitrogens with zero attached hydrogens (tertiary/aromatic N) is 1. The van der Waals surface area contributed by atoms with Gasteiger partial charge in [-0.2, -0.15) is 26.3 Å². The van der Waals surface area contributed by atoms with Crippen LogP contribution in [0.2, 0.25) is 0 Å². The zero-order valence-corrected chi connectivity index (χ0v) is 18.7. The van der Waals surface area contributed by atoms with Crippen LogP contribution in [0.15, 0.2) is 30.3 Å². The number of aliphatic carboxylic acids is 1. The number of hydrogen-bond acceptors (Lipinski definition) is 3. The topological polar surface area (TPSA) is 49.8 Å². The summed E-state index contributed by atoms with van der Waals surface area (Å²) in [5, 5.41) is 9.53. The molecule has 1 N–H and O–H groups in total. The van der Waals surface area contributed by atoms with Crippen molar-refractivity contribution in [2.45, 2.75) is 50.7 Å². The first-order chi connectivity index (χ1) is 16.4. The molecule has 3 aliphatic rings. The third kappa shape index (κ3) is 4.81. The van der Waals surface area contributed by atoms with Gasteiger partial charge in [0.1, 0.15) is 11.3 Å². The molecule has 0 amide bonds. The number of likely N-dealkylation sites (tertiary alicyclic amines) is 1. The second kappa shape index (κ2) is 8.57. The zero-order chi connectivity index (χ0) is 25.1. The van der Waals surface area contributed by atoms with Crippen LogP contribution >= 0.6 is 0 Å². The molecule has 3 fully saturated rings. The van der Waals surface area contributed by atoms with Crippen LogP contribution in [0.25, 0.3) is 10.8 Å². The highest BCUT2D eigenvalue weighted by atomic mass is 19.4. The first-order valence-electron chi connectivity index (χ1n) is 11.7.